The van der Waals surface area contributed by atoms with Crippen molar-refractivity contribution in [3.63, 3.8) is 0 Å². The number of carbonyl (C=O) groups excluding carboxylic acids is 1. The van der Waals surface area contributed by atoms with E-state index in [1.807, 2.05) is 45.0 Å². The molecule has 28 heavy (non-hydrogen) atoms. The highest BCUT2D eigenvalue weighted by molar-refractivity contribution is 5.88. The molecule has 0 saturated carbocycles. The molecule has 0 aliphatic carbocycles. The lowest BCUT2D eigenvalue weighted by molar-refractivity contribution is 0.0523. The number of amides is 1. The topological polar surface area (TPSA) is 106 Å². The van der Waals surface area contributed by atoms with Crippen LogP contribution in [0.15, 0.2) is 41.3 Å². The van der Waals surface area contributed by atoms with Gasteiger partial charge in [-0.1, -0.05) is 24.3 Å². The molecule has 0 saturated heterocycles. The first-order valence-corrected chi connectivity index (χ1v) is 8.75. The van der Waals surface area contributed by atoms with Crippen LogP contribution >= 0.6 is 0 Å². The minimum absolute atomic E-state index is 0.242. The van der Waals surface area contributed by atoms with E-state index in [0.717, 1.165) is 11.1 Å². The van der Waals surface area contributed by atoms with Crippen molar-refractivity contribution < 1.29 is 14.3 Å². The predicted molar refractivity (Wildman–Crippen MR) is 105 cm³/mol. The summed E-state index contributed by atoms with van der Waals surface area (Å²) in [5.41, 5.74) is 1.54. The number of aromatic nitrogens is 3. The Kier molecular flexibility index (Phi) is 5.30. The van der Waals surface area contributed by atoms with Gasteiger partial charge in [0.1, 0.15) is 11.0 Å². The molecule has 3 aromatic rings. The average molecular weight is 382 g/mol. The number of ether oxygens (including phenoxy) is 2. The van der Waals surface area contributed by atoms with Gasteiger partial charge in [-0.2, -0.15) is 5.10 Å². The van der Waals surface area contributed by atoms with Crippen molar-refractivity contribution in [2.24, 2.45) is 0 Å². The van der Waals surface area contributed by atoms with E-state index >= 15 is 0 Å². The van der Waals surface area contributed by atoms with Crippen LogP contribution in [0.2, 0.25) is 0 Å². The van der Waals surface area contributed by atoms with Crippen LogP contribution in [0.1, 0.15) is 26.3 Å². The van der Waals surface area contributed by atoms with Gasteiger partial charge in [0.25, 0.3) is 5.56 Å². The lowest BCUT2D eigenvalue weighted by Gasteiger charge is -2.19. The Morgan fingerprint density at radius 3 is 2.57 bits per heavy atom. The molecule has 1 amide bonds. The van der Waals surface area contributed by atoms with Crippen LogP contribution in [0.4, 0.5) is 4.79 Å². The first-order valence-electron chi connectivity index (χ1n) is 8.75. The molecule has 8 nitrogen and oxygen atoms in total. The molecule has 0 unspecified atom stereocenters. The van der Waals surface area contributed by atoms with Gasteiger partial charge in [0.05, 0.1) is 19.0 Å². The standard InChI is InChI=1S/C20H22N4O4/c1-20(2,3)28-19(26)21-10-12-5-7-13(8-6-12)15-9-14-11-22-24-17(25)16(14)18(23-15)27-4/h5-9,11H,10H2,1-4H3,(H,21,26)(H,24,25). The van der Waals surface area contributed by atoms with Crippen molar-refractivity contribution >= 4 is 16.9 Å². The number of fused-ring (bicyclic) bond motifs is 1. The van der Waals surface area contributed by atoms with Crippen molar-refractivity contribution in [3.8, 4) is 17.1 Å². The number of methoxy groups -OCH3 is 1. The number of hydrogen-bond donors (Lipinski definition) is 2. The highest BCUT2D eigenvalue weighted by Gasteiger charge is 2.16. The summed E-state index contributed by atoms with van der Waals surface area (Å²) >= 11 is 0. The van der Waals surface area contributed by atoms with E-state index < -0.39 is 11.7 Å². The molecule has 1 aromatic carbocycles. The monoisotopic (exact) mass is 382 g/mol. The van der Waals surface area contributed by atoms with Crippen molar-refractivity contribution in [1.29, 1.82) is 0 Å². The van der Waals surface area contributed by atoms with Gasteiger partial charge >= 0.3 is 6.09 Å². The molecule has 2 N–H and O–H groups in total. The van der Waals surface area contributed by atoms with Gasteiger partial charge < -0.3 is 14.8 Å². The number of pyridine rings is 1. The Balaban J connectivity index is 1.80. The Morgan fingerprint density at radius 1 is 1.21 bits per heavy atom. The van der Waals surface area contributed by atoms with E-state index in [9.17, 15) is 9.59 Å². The first-order chi connectivity index (χ1) is 13.3. The van der Waals surface area contributed by atoms with E-state index in [2.05, 4.69) is 20.5 Å². The predicted octanol–water partition coefficient (Wildman–Crippen LogP) is 3.02. The molecule has 2 aromatic heterocycles. The summed E-state index contributed by atoms with van der Waals surface area (Å²) in [6.45, 7) is 5.80. The zero-order chi connectivity index (χ0) is 20.3. The van der Waals surface area contributed by atoms with Crippen LogP contribution in [0.25, 0.3) is 22.0 Å². The van der Waals surface area contributed by atoms with E-state index in [1.165, 1.54) is 7.11 Å². The second kappa shape index (κ2) is 7.67. The number of H-pyrrole nitrogens is 1. The van der Waals surface area contributed by atoms with Crippen LogP contribution in [0, 0.1) is 0 Å². The number of hydrogen-bond acceptors (Lipinski definition) is 6. The maximum absolute atomic E-state index is 12.0. The van der Waals surface area contributed by atoms with Gasteiger partial charge in [0, 0.05) is 17.5 Å². The smallest absolute Gasteiger partial charge is 0.407 e. The Bertz CT molecular complexity index is 1050. The number of rotatable bonds is 4. The third-order valence-corrected chi connectivity index (χ3v) is 3.89. The lowest BCUT2D eigenvalue weighted by atomic mass is 10.1. The Morgan fingerprint density at radius 2 is 1.93 bits per heavy atom. The molecular formula is C20H22N4O4. The van der Waals surface area contributed by atoms with Gasteiger partial charge in [-0.05, 0) is 32.4 Å². The van der Waals surface area contributed by atoms with Crippen molar-refractivity contribution in [3.05, 3.63) is 52.4 Å². The summed E-state index contributed by atoms with van der Waals surface area (Å²) in [4.78, 5) is 28.2. The quantitative estimate of drug-likeness (QED) is 0.718. The molecule has 0 atom stereocenters. The molecule has 0 bridgehead atoms. The Labute approximate surface area is 161 Å². The van der Waals surface area contributed by atoms with Gasteiger partial charge in [-0.3, -0.25) is 4.79 Å². The van der Waals surface area contributed by atoms with Crippen LogP contribution in [0.5, 0.6) is 5.88 Å². The van der Waals surface area contributed by atoms with E-state index in [4.69, 9.17) is 9.47 Å². The van der Waals surface area contributed by atoms with Gasteiger partial charge in [0.15, 0.2) is 0 Å². The molecule has 8 heteroatoms. The molecule has 2 heterocycles. The number of nitrogens with zero attached hydrogens (tertiary/aromatic N) is 2. The zero-order valence-corrected chi connectivity index (χ0v) is 16.2. The Hall–Kier alpha value is -3.42. The second-order valence-corrected chi connectivity index (χ2v) is 7.23. The summed E-state index contributed by atoms with van der Waals surface area (Å²) in [5.74, 6) is 0.242. The average Bonchev–Trinajstić information content (AvgIpc) is 2.64. The van der Waals surface area contributed by atoms with Gasteiger partial charge in [-0.15, -0.1) is 0 Å². The maximum Gasteiger partial charge on any atom is 0.407 e. The summed E-state index contributed by atoms with van der Waals surface area (Å²) in [7, 11) is 1.47. The second-order valence-electron chi connectivity index (χ2n) is 7.23. The highest BCUT2D eigenvalue weighted by Crippen LogP contribution is 2.26. The van der Waals surface area contributed by atoms with Gasteiger partial charge in [0.2, 0.25) is 5.88 Å². The van der Waals surface area contributed by atoms with Crippen LogP contribution in [0.3, 0.4) is 0 Å². The number of carbonyl (C=O) groups is 1. The fourth-order valence-corrected chi connectivity index (χ4v) is 2.66. The molecule has 146 valence electrons. The van der Waals surface area contributed by atoms with Crippen LogP contribution < -0.4 is 15.6 Å². The van der Waals surface area contributed by atoms with E-state index in [0.29, 0.717) is 23.0 Å². The molecule has 3 rings (SSSR count). The van der Waals surface area contributed by atoms with E-state index in [1.54, 1.807) is 12.3 Å². The lowest BCUT2D eigenvalue weighted by Crippen LogP contribution is -2.32. The normalized spacial score (nSPS) is 11.3. The summed E-state index contributed by atoms with van der Waals surface area (Å²) in [6.07, 6.45) is 1.10. The first kappa shape index (κ1) is 19.3. The fraction of sp³-hybridized carbons (Fsp3) is 0.300. The fourth-order valence-electron chi connectivity index (χ4n) is 2.66. The summed E-state index contributed by atoms with van der Waals surface area (Å²) in [6, 6.07) is 9.34. The number of benzene rings is 1. The van der Waals surface area contributed by atoms with Gasteiger partial charge in [-0.25, -0.2) is 14.9 Å². The largest absolute Gasteiger partial charge is 0.480 e. The summed E-state index contributed by atoms with van der Waals surface area (Å²) in [5, 5.41) is 9.93. The number of aromatic amines is 1. The molecule has 0 fully saturated rings. The van der Waals surface area contributed by atoms with Crippen molar-refractivity contribution in [2.75, 3.05) is 7.11 Å². The number of nitrogens with one attached hydrogen (secondary N) is 2. The molecular weight excluding hydrogens is 360 g/mol. The molecule has 0 aliphatic rings. The van der Waals surface area contributed by atoms with Crippen molar-refractivity contribution in [2.45, 2.75) is 32.9 Å². The third-order valence-electron chi connectivity index (χ3n) is 3.89. The zero-order valence-electron chi connectivity index (χ0n) is 16.2. The summed E-state index contributed by atoms with van der Waals surface area (Å²) < 4.78 is 10.5. The molecule has 0 radical (unpaired) electrons. The third kappa shape index (κ3) is 4.46. The minimum Gasteiger partial charge on any atom is -0.480 e. The SMILES string of the molecule is COc1nc(-c2ccc(CNC(=O)OC(C)(C)C)cc2)cc2cn[nH]c(=O)c12. The molecule has 0 spiro atoms. The number of alkyl carbamates (subject to hydrolysis) is 1. The minimum atomic E-state index is -0.536. The van der Waals surface area contributed by atoms with Crippen LogP contribution in [-0.2, 0) is 11.3 Å². The molecule has 0 aliphatic heterocycles. The van der Waals surface area contributed by atoms with Crippen LogP contribution in [-0.4, -0.2) is 34.0 Å². The van der Waals surface area contributed by atoms with E-state index in [-0.39, 0.29) is 11.4 Å². The highest BCUT2D eigenvalue weighted by atomic mass is 16.6. The maximum atomic E-state index is 12.0. The van der Waals surface area contributed by atoms with Crippen molar-refractivity contribution in [1.82, 2.24) is 20.5 Å².